The van der Waals surface area contributed by atoms with Crippen LogP contribution in [0.3, 0.4) is 0 Å². The van der Waals surface area contributed by atoms with E-state index in [1.807, 2.05) is 0 Å². The summed E-state index contributed by atoms with van der Waals surface area (Å²) in [5.74, 6) is -1.44. The first kappa shape index (κ1) is 14.6. The van der Waals surface area contributed by atoms with Crippen LogP contribution in [-0.2, 0) is 6.54 Å². The van der Waals surface area contributed by atoms with Gasteiger partial charge in [0.05, 0.1) is 10.0 Å². The Labute approximate surface area is 122 Å². The molecule has 0 aliphatic rings. The van der Waals surface area contributed by atoms with Gasteiger partial charge in [-0.15, -0.1) is 10.2 Å². The Balaban J connectivity index is 2.01. The fourth-order valence-electron chi connectivity index (χ4n) is 1.64. The number of aromatic nitrogens is 3. The molecule has 8 heteroatoms. The minimum Gasteiger partial charge on any atom is -0.350 e. The van der Waals surface area contributed by atoms with Crippen molar-refractivity contribution in [3.8, 4) is 0 Å². The largest absolute Gasteiger partial charge is 0.350 e. The van der Waals surface area contributed by atoms with Crippen molar-refractivity contribution < 1.29 is 13.6 Å². The number of nitrogens with one attached hydrogen (secondary N) is 1. The third kappa shape index (κ3) is 3.19. The fourth-order valence-corrected chi connectivity index (χ4v) is 2.07. The predicted octanol–water partition coefficient (Wildman–Crippen LogP) is 2.06. The van der Waals surface area contributed by atoms with Gasteiger partial charge in [-0.3, -0.25) is 4.79 Å². The first-order valence-electron chi connectivity index (χ1n) is 5.76. The van der Waals surface area contributed by atoms with Crippen LogP contribution in [0.25, 0.3) is 0 Å². The van der Waals surface area contributed by atoms with E-state index in [9.17, 15) is 13.6 Å². The molecule has 1 N–H and O–H groups in total. The first-order chi connectivity index (χ1) is 9.49. The Hall–Kier alpha value is -1.83. The zero-order chi connectivity index (χ0) is 14.7. The fraction of sp³-hybridized carbons (Fsp3) is 0.250. The number of halogens is 3. The van der Waals surface area contributed by atoms with E-state index in [4.69, 9.17) is 0 Å². The summed E-state index contributed by atoms with van der Waals surface area (Å²) in [6.45, 7) is 2.48. The van der Waals surface area contributed by atoms with Crippen LogP contribution in [0.5, 0.6) is 0 Å². The average Bonchev–Trinajstić information content (AvgIpc) is 2.79. The van der Waals surface area contributed by atoms with Gasteiger partial charge in [0.2, 0.25) is 0 Å². The van der Waals surface area contributed by atoms with E-state index in [1.165, 1.54) is 6.33 Å². The first-order valence-corrected chi connectivity index (χ1v) is 6.55. The van der Waals surface area contributed by atoms with Gasteiger partial charge in [-0.05, 0) is 35.0 Å². The molecule has 1 heterocycles. The minimum absolute atomic E-state index is 0.0858. The Bertz CT molecular complexity index is 644. The van der Waals surface area contributed by atoms with E-state index >= 15 is 0 Å². The number of carbonyl (C=O) groups is 1. The molecule has 0 bridgehead atoms. The summed E-state index contributed by atoms with van der Waals surface area (Å²) >= 11 is 2.86. The van der Waals surface area contributed by atoms with Crippen LogP contribution in [0.4, 0.5) is 8.78 Å². The molecule has 2 aromatic rings. The summed E-state index contributed by atoms with van der Waals surface area (Å²) in [5.41, 5.74) is -0.336. The van der Waals surface area contributed by atoms with Crippen molar-refractivity contribution in [1.82, 2.24) is 20.1 Å². The molecule has 0 saturated heterocycles. The number of nitrogens with zero attached hydrogens (tertiary/aromatic N) is 3. The van der Waals surface area contributed by atoms with E-state index in [2.05, 4.69) is 31.4 Å². The second-order valence-corrected chi connectivity index (χ2v) is 4.93. The van der Waals surface area contributed by atoms with Crippen molar-refractivity contribution >= 4 is 21.8 Å². The normalized spacial score (nSPS) is 10.6. The lowest BCUT2D eigenvalue weighted by atomic mass is 10.2. The van der Waals surface area contributed by atoms with E-state index < -0.39 is 17.5 Å². The van der Waals surface area contributed by atoms with Gasteiger partial charge < -0.3 is 9.88 Å². The molecule has 5 nitrogen and oxygen atoms in total. The zero-order valence-electron chi connectivity index (χ0n) is 10.5. The molecule has 1 aromatic carbocycles. The van der Waals surface area contributed by atoms with Crippen molar-refractivity contribution in [3.63, 3.8) is 0 Å². The molecular weight excluding hydrogens is 334 g/mol. The highest BCUT2D eigenvalue weighted by Crippen LogP contribution is 2.20. The molecule has 0 fully saturated rings. The zero-order valence-corrected chi connectivity index (χ0v) is 12.1. The molecular formula is C12H11BrF2N4O. The summed E-state index contributed by atoms with van der Waals surface area (Å²) in [6, 6.07) is 1.83. The van der Waals surface area contributed by atoms with Gasteiger partial charge in [-0.2, -0.15) is 0 Å². The molecule has 0 spiro atoms. The summed E-state index contributed by atoms with van der Waals surface area (Å²) in [5, 5.41) is 10.0. The highest BCUT2D eigenvalue weighted by atomic mass is 79.9. The van der Waals surface area contributed by atoms with Crippen LogP contribution in [0, 0.1) is 18.6 Å². The lowest BCUT2D eigenvalue weighted by Crippen LogP contribution is -2.28. The maximum absolute atomic E-state index is 13.7. The van der Waals surface area contributed by atoms with Crippen LogP contribution in [-0.4, -0.2) is 27.2 Å². The van der Waals surface area contributed by atoms with Gasteiger partial charge in [0, 0.05) is 13.1 Å². The van der Waals surface area contributed by atoms with Crippen molar-refractivity contribution in [2.24, 2.45) is 0 Å². The van der Waals surface area contributed by atoms with E-state index in [-0.39, 0.29) is 16.6 Å². The van der Waals surface area contributed by atoms with Crippen LogP contribution < -0.4 is 5.32 Å². The lowest BCUT2D eigenvalue weighted by molar-refractivity contribution is 0.0947. The van der Waals surface area contributed by atoms with E-state index in [0.29, 0.717) is 12.4 Å². The molecule has 0 aliphatic carbocycles. The molecule has 0 aliphatic heterocycles. The van der Waals surface area contributed by atoms with Gasteiger partial charge in [0.25, 0.3) is 5.91 Å². The molecule has 106 valence electrons. The highest BCUT2D eigenvalue weighted by molar-refractivity contribution is 9.10. The number of hydrogen-bond acceptors (Lipinski definition) is 3. The Morgan fingerprint density at radius 1 is 1.45 bits per heavy atom. The topological polar surface area (TPSA) is 59.8 Å². The lowest BCUT2D eigenvalue weighted by Gasteiger charge is -2.08. The van der Waals surface area contributed by atoms with Crippen molar-refractivity contribution in [1.29, 1.82) is 0 Å². The quantitative estimate of drug-likeness (QED) is 0.863. The van der Waals surface area contributed by atoms with E-state index in [1.54, 1.807) is 11.5 Å². The average molecular weight is 345 g/mol. The standard InChI is InChI=1S/C12H11BrF2N4O/c1-7-18-17-6-19(7)3-2-16-12(20)9-4-8(14)5-10(13)11(9)15/h4-6H,2-3H2,1H3,(H,16,20). The second kappa shape index (κ2) is 6.08. The van der Waals surface area contributed by atoms with E-state index in [0.717, 1.165) is 12.1 Å². The molecule has 0 unspecified atom stereocenters. The molecule has 1 amide bonds. The minimum atomic E-state index is -0.788. The number of amides is 1. The third-order valence-corrected chi connectivity index (χ3v) is 3.26. The SMILES string of the molecule is Cc1nncn1CCNC(=O)c1cc(F)cc(Br)c1F. The molecule has 1 aromatic heterocycles. The van der Waals surface area contributed by atoms with Crippen LogP contribution in [0.2, 0.25) is 0 Å². The van der Waals surface area contributed by atoms with Gasteiger partial charge in [0.15, 0.2) is 0 Å². The number of aryl methyl sites for hydroxylation is 1. The Morgan fingerprint density at radius 3 is 2.85 bits per heavy atom. The summed E-state index contributed by atoms with van der Waals surface area (Å²) in [4.78, 5) is 11.8. The van der Waals surface area contributed by atoms with Crippen LogP contribution in [0.15, 0.2) is 22.9 Å². The van der Waals surface area contributed by atoms with Crippen molar-refractivity contribution in [2.75, 3.05) is 6.54 Å². The highest BCUT2D eigenvalue weighted by Gasteiger charge is 2.15. The molecule has 2 rings (SSSR count). The van der Waals surface area contributed by atoms with Crippen molar-refractivity contribution in [3.05, 3.63) is 46.0 Å². The van der Waals surface area contributed by atoms with Gasteiger partial charge >= 0.3 is 0 Å². The number of benzene rings is 1. The molecule has 20 heavy (non-hydrogen) atoms. The second-order valence-electron chi connectivity index (χ2n) is 4.08. The van der Waals surface area contributed by atoms with Gasteiger partial charge in [0.1, 0.15) is 23.8 Å². The smallest absolute Gasteiger partial charge is 0.254 e. The van der Waals surface area contributed by atoms with Crippen LogP contribution >= 0.6 is 15.9 Å². The maximum Gasteiger partial charge on any atom is 0.254 e. The Kier molecular flexibility index (Phi) is 4.43. The molecule has 0 saturated carbocycles. The van der Waals surface area contributed by atoms with Crippen LogP contribution in [0.1, 0.15) is 16.2 Å². The number of carbonyl (C=O) groups excluding carboxylic acids is 1. The predicted molar refractivity (Wildman–Crippen MR) is 71.2 cm³/mol. The molecule has 0 radical (unpaired) electrons. The third-order valence-electron chi connectivity index (χ3n) is 2.69. The number of hydrogen-bond donors (Lipinski definition) is 1. The van der Waals surface area contributed by atoms with Gasteiger partial charge in [-0.25, -0.2) is 8.78 Å². The number of rotatable bonds is 4. The van der Waals surface area contributed by atoms with Crippen molar-refractivity contribution in [2.45, 2.75) is 13.5 Å². The monoisotopic (exact) mass is 344 g/mol. The summed E-state index contributed by atoms with van der Waals surface area (Å²) < 4.78 is 28.5. The summed E-state index contributed by atoms with van der Waals surface area (Å²) in [6.07, 6.45) is 1.53. The summed E-state index contributed by atoms with van der Waals surface area (Å²) in [7, 11) is 0. The van der Waals surface area contributed by atoms with Gasteiger partial charge in [-0.1, -0.05) is 0 Å². The molecule has 0 atom stereocenters. The Morgan fingerprint density at radius 2 is 2.20 bits per heavy atom. The maximum atomic E-state index is 13.7.